The molecule has 0 spiro atoms. The maximum Gasteiger partial charge on any atom is 0.0855 e. The van der Waals surface area contributed by atoms with Gasteiger partial charge in [0.2, 0.25) is 0 Å². The van der Waals surface area contributed by atoms with Crippen molar-refractivity contribution in [2.45, 2.75) is 12.3 Å². The summed E-state index contributed by atoms with van der Waals surface area (Å²) >= 11 is 16.5. The van der Waals surface area contributed by atoms with E-state index in [1.165, 1.54) is 16.3 Å². The number of aryl methyl sites for hydroxylation is 1. The van der Waals surface area contributed by atoms with Crippen molar-refractivity contribution in [3.63, 3.8) is 0 Å². The molecule has 0 radical (unpaired) electrons. The molecule has 0 amide bonds. The molecule has 0 saturated carbocycles. The molecule has 0 aliphatic heterocycles. The van der Waals surface area contributed by atoms with E-state index in [0.717, 1.165) is 15.6 Å². The number of fused-ring (bicyclic) bond motifs is 1. The fraction of sp³-hybridized carbons (Fsp3) is 0.111. The van der Waals surface area contributed by atoms with Crippen LogP contribution < -0.4 is 0 Å². The molecule has 3 rings (SSSR count). The molecule has 0 saturated heterocycles. The average Bonchev–Trinajstić information content (AvgIpc) is 2.49. The SMILES string of the molecule is Cc1ccc2ccccc2c1C(Cl)c1cc(Cl)ccc1Br. The maximum absolute atomic E-state index is 6.80. The molecule has 3 heteroatoms. The molecule has 21 heavy (non-hydrogen) atoms. The van der Waals surface area contributed by atoms with Gasteiger partial charge in [0.15, 0.2) is 0 Å². The summed E-state index contributed by atoms with van der Waals surface area (Å²) in [6.07, 6.45) is 0. The monoisotopic (exact) mass is 378 g/mol. The topological polar surface area (TPSA) is 0 Å². The van der Waals surface area contributed by atoms with Crippen molar-refractivity contribution in [1.82, 2.24) is 0 Å². The highest BCUT2D eigenvalue weighted by Crippen LogP contribution is 2.39. The summed E-state index contributed by atoms with van der Waals surface area (Å²) in [6, 6.07) is 18.3. The van der Waals surface area contributed by atoms with Gasteiger partial charge in [-0.05, 0) is 52.6 Å². The molecule has 0 heterocycles. The molecule has 0 aliphatic carbocycles. The summed E-state index contributed by atoms with van der Waals surface area (Å²) in [6.45, 7) is 2.09. The minimum atomic E-state index is -0.246. The van der Waals surface area contributed by atoms with Crippen LogP contribution in [0.1, 0.15) is 22.1 Å². The molecule has 0 nitrogen and oxygen atoms in total. The highest BCUT2D eigenvalue weighted by Gasteiger charge is 2.19. The number of halogens is 3. The minimum Gasteiger partial charge on any atom is -0.113 e. The third-order valence-electron chi connectivity index (χ3n) is 3.67. The summed E-state index contributed by atoms with van der Waals surface area (Å²) in [4.78, 5) is 0. The van der Waals surface area contributed by atoms with Gasteiger partial charge < -0.3 is 0 Å². The molecule has 0 N–H and O–H groups in total. The molecule has 106 valence electrons. The van der Waals surface area contributed by atoms with Gasteiger partial charge in [0.05, 0.1) is 5.38 Å². The molecule has 1 unspecified atom stereocenters. The van der Waals surface area contributed by atoms with Crippen LogP contribution >= 0.6 is 39.1 Å². The Labute approximate surface area is 142 Å². The number of hydrogen-bond acceptors (Lipinski definition) is 0. The summed E-state index contributed by atoms with van der Waals surface area (Å²) in [5.41, 5.74) is 3.31. The van der Waals surface area contributed by atoms with Crippen LogP contribution in [-0.4, -0.2) is 0 Å². The molecule has 0 aromatic heterocycles. The van der Waals surface area contributed by atoms with E-state index >= 15 is 0 Å². The first-order chi connectivity index (χ1) is 10.1. The summed E-state index contributed by atoms with van der Waals surface area (Å²) in [5, 5.41) is 2.83. The Bertz CT molecular complexity index is 811. The Kier molecular flexibility index (Phi) is 4.26. The number of alkyl halides is 1. The molecule has 0 aliphatic rings. The van der Waals surface area contributed by atoms with Crippen LogP contribution in [0.15, 0.2) is 59.1 Å². The number of hydrogen-bond donors (Lipinski definition) is 0. The second-order valence-electron chi connectivity index (χ2n) is 5.05. The van der Waals surface area contributed by atoms with Crippen molar-refractivity contribution in [2.24, 2.45) is 0 Å². The zero-order chi connectivity index (χ0) is 15.0. The zero-order valence-corrected chi connectivity index (χ0v) is 14.5. The Morgan fingerprint density at radius 1 is 1.00 bits per heavy atom. The van der Waals surface area contributed by atoms with Gasteiger partial charge in [-0.2, -0.15) is 0 Å². The normalized spacial score (nSPS) is 12.6. The first kappa shape index (κ1) is 14.9. The molecule has 0 bridgehead atoms. The van der Waals surface area contributed by atoms with Gasteiger partial charge in [0.25, 0.3) is 0 Å². The fourth-order valence-electron chi connectivity index (χ4n) is 2.61. The minimum absolute atomic E-state index is 0.246. The lowest BCUT2D eigenvalue weighted by Gasteiger charge is -2.18. The smallest absolute Gasteiger partial charge is 0.0855 e. The Hall–Kier alpha value is -1.02. The van der Waals surface area contributed by atoms with Crippen molar-refractivity contribution in [3.8, 4) is 0 Å². The lowest BCUT2D eigenvalue weighted by molar-refractivity contribution is 1.12. The summed E-state index contributed by atoms with van der Waals surface area (Å²) in [5.74, 6) is 0. The van der Waals surface area contributed by atoms with Crippen LogP contribution in [-0.2, 0) is 0 Å². The van der Waals surface area contributed by atoms with Crippen LogP contribution in [0, 0.1) is 6.92 Å². The number of benzene rings is 3. The lowest BCUT2D eigenvalue weighted by Crippen LogP contribution is -1.99. The van der Waals surface area contributed by atoms with Crippen molar-refractivity contribution in [1.29, 1.82) is 0 Å². The molecule has 3 aromatic rings. The first-order valence-corrected chi connectivity index (χ1v) is 8.26. The van der Waals surface area contributed by atoms with E-state index in [4.69, 9.17) is 23.2 Å². The molecular formula is C18H13BrCl2. The molecular weight excluding hydrogens is 367 g/mol. The lowest BCUT2D eigenvalue weighted by atomic mass is 9.94. The van der Waals surface area contributed by atoms with Crippen LogP contribution in [0.25, 0.3) is 10.8 Å². The number of rotatable bonds is 2. The van der Waals surface area contributed by atoms with Gasteiger partial charge in [-0.25, -0.2) is 0 Å². The van der Waals surface area contributed by atoms with Crippen LogP contribution in [0.4, 0.5) is 0 Å². The Balaban J connectivity index is 2.24. The predicted molar refractivity (Wildman–Crippen MR) is 95.5 cm³/mol. The highest BCUT2D eigenvalue weighted by molar-refractivity contribution is 9.10. The van der Waals surface area contributed by atoms with Gasteiger partial charge in [-0.3, -0.25) is 0 Å². The Morgan fingerprint density at radius 3 is 2.57 bits per heavy atom. The van der Waals surface area contributed by atoms with Crippen molar-refractivity contribution >= 4 is 49.9 Å². The molecule has 1 atom stereocenters. The predicted octanol–water partition coefficient (Wildman–Crippen LogP) is 6.89. The van der Waals surface area contributed by atoms with Crippen LogP contribution in [0.2, 0.25) is 5.02 Å². The average molecular weight is 380 g/mol. The molecule has 3 aromatic carbocycles. The maximum atomic E-state index is 6.80. The van der Waals surface area contributed by atoms with Gasteiger partial charge in [-0.1, -0.05) is 63.9 Å². The van der Waals surface area contributed by atoms with Gasteiger partial charge in [0.1, 0.15) is 0 Å². The fourth-order valence-corrected chi connectivity index (χ4v) is 3.86. The van der Waals surface area contributed by atoms with E-state index in [2.05, 4.69) is 47.1 Å². The zero-order valence-electron chi connectivity index (χ0n) is 11.4. The largest absolute Gasteiger partial charge is 0.113 e. The first-order valence-electron chi connectivity index (χ1n) is 6.65. The van der Waals surface area contributed by atoms with Crippen LogP contribution in [0.3, 0.4) is 0 Å². The highest BCUT2D eigenvalue weighted by atomic mass is 79.9. The Morgan fingerprint density at radius 2 is 1.76 bits per heavy atom. The van der Waals surface area contributed by atoms with E-state index < -0.39 is 0 Å². The second-order valence-corrected chi connectivity index (χ2v) is 6.77. The quantitative estimate of drug-likeness (QED) is 0.425. The van der Waals surface area contributed by atoms with E-state index in [0.29, 0.717) is 5.02 Å². The van der Waals surface area contributed by atoms with Gasteiger partial charge >= 0.3 is 0 Å². The van der Waals surface area contributed by atoms with Gasteiger partial charge in [-0.15, -0.1) is 11.6 Å². The van der Waals surface area contributed by atoms with E-state index in [-0.39, 0.29) is 5.38 Å². The van der Waals surface area contributed by atoms with Crippen molar-refractivity contribution in [3.05, 3.63) is 80.8 Å². The van der Waals surface area contributed by atoms with Crippen molar-refractivity contribution in [2.75, 3.05) is 0 Å². The van der Waals surface area contributed by atoms with Gasteiger partial charge in [0, 0.05) is 9.50 Å². The third-order valence-corrected chi connectivity index (χ3v) is 5.08. The second kappa shape index (κ2) is 6.00. The van der Waals surface area contributed by atoms with E-state index in [9.17, 15) is 0 Å². The summed E-state index contributed by atoms with van der Waals surface area (Å²) < 4.78 is 0.972. The standard InChI is InChI=1S/C18H13BrCl2/c1-11-6-7-12-4-2-3-5-14(12)17(11)18(21)15-10-13(20)8-9-16(15)19/h2-10,18H,1H3. The van der Waals surface area contributed by atoms with Crippen molar-refractivity contribution < 1.29 is 0 Å². The third kappa shape index (κ3) is 2.83. The molecule has 0 fully saturated rings. The van der Waals surface area contributed by atoms with E-state index in [1.807, 2.05) is 30.3 Å². The van der Waals surface area contributed by atoms with Crippen LogP contribution in [0.5, 0.6) is 0 Å². The summed E-state index contributed by atoms with van der Waals surface area (Å²) in [7, 11) is 0. The van der Waals surface area contributed by atoms with E-state index in [1.54, 1.807) is 0 Å².